The van der Waals surface area contributed by atoms with Crippen LogP contribution in [0.25, 0.3) is 72.0 Å². The fraction of sp³-hybridized carbons (Fsp3) is 0.0164. The molecule has 0 radical (unpaired) electrons. The van der Waals surface area contributed by atoms with Crippen LogP contribution in [-0.2, 0) is 5.41 Å². The lowest BCUT2D eigenvalue weighted by molar-refractivity contribution is 0.793. The van der Waals surface area contributed by atoms with Gasteiger partial charge in [0.05, 0.1) is 16.4 Å². The normalized spacial score (nSPS) is 12.9. The van der Waals surface area contributed by atoms with Gasteiger partial charge < -0.3 is 9.47 Å². The minimum absolute atomic E-state index is 0.418. The molecule has 0 saturated heterocycles. The van der Waals surface area contributed by atoms with E-state index in [-0.39, 0.29) is 0 Å². The van der Waals surface area contributed by atoms with E-state index in [1.54, 1.807) is 0 Å². The molecule has 0 unspecified atom stereocenters. The topological polar surface area (TPSA) is 8.17 Å². The van der Waals surface area contributed by atoms with Crippen LogP contribution in [0, 0.1) is 0 Å². The van der Waals surface area contributed by atoms with Crippen molar-refractivity contribution in [1.29, 1.82) is 0 Å². The van der Waals surface area contributed by atoms with Gasteiger partial charge in [-0.2, -0.15) is 0 Å². The van der Waals surface area contributed by atoms with Crippen LogP contribution in [-0.4, -0.2) is 4.57 Å². The van der Waals surface area contributed by atoms with Crippen molar-refractivity contribution in [3.63, 3.8) is 0 Å². The summed E-state index contributed by atoms with van der Waals surface area (Å²) in [5.74, 6) is 0. The SMILES string of the molecule is c1ccc(N(c2cccc(-c3cccc(-c4ccc5c6ccccc6n(-c6ccccc6)c5c4)c3)c2)c2ccc3c(c2)C2(c4ccccc4-c4ccccc42)c2ccccc2-3)cc1. The summed E-state index contributed by atoms with van der Waals surface area (Å²) in [7, 11) is 0. The first kappa shape index (κ1) is 35.5. The van der Waals surface area contributed by atoms with Crippen molar-refractivity contribution in [3.8, 4) is 50.2 Å². The predicted molar refractivity (Wildman–Crippen MR) is 263 cm³/mol. The molecule has 11 aromatic rings. The fourth-order valence-corrected chi connectivity index (χ4v) is 11.0. The quantitative estimate of drug-likeness (QED) is 0.163. The third kappa shape index (κ3) is 5.25. The van der Waals surface area contributed by atoms with Crippen molar-refractivity contribution in [1.82, 2.24) is 4.57 Å². The molecule has 2 aliphatic rings. The summed E-state index contributed by atoms with van der Waals surface area (Å²) in [6, 6.07) is 89.4. The Morgan fingerprint density at radius 3 is 1.46 bits per heavy atom. The van der Waals surface area contributed by atoms with E-state index in [9.17, 15) is 0 Å². The van der Waals surface area contributed by atoms with Crippen molar-refractivity contribution in [2.45, 2.75) is 5.41 Å². The molecule has 0 N–H and O–H groups in total. The minimum Gasteiger partial charge on any atom is -0.310 e. The van der Waals surface area contributed by atoms with Crippen molar-refractivity contribution >= 4 is 38.9 Å². The maximum Gasteiger partial charge on any atom is 0.0726 e. The van der Waals surface area contributed by atoms with Crippen LogP contribution in [0.3, 0.4) is 0 Å². The Morgan fingerprint density at radius 2 is 0.778 bits per heavy atom. The van der Waals surface area contributed by atoms with Gasteiger partial charge >= 0.3 is 0 Å². The number of benzene rings is 10. The molecule has 1 aromatic heterocycles. The molecule has 0 atom stereocenters. The number of hydrogen-bond acceptors (Lipinski definition) is 1. The Morgan fingerprint density at radius 1 is 0.286 bits per heavy atom. The summed E-state index contributed by atoms with van der Waals surface area (Å²) in [5.41, 5.74) is 21.8. The fourth-order valence-electron chi connectivity index (χ4n) is 11.0. The number of nitrogens with zero attached hydrogens (tertiary/aromatic N) is 2. The van der Waals surface area contributed by atoms with Gasteiger partial charge in [0.25, 0.3) is 0 Å². The molecule has 294 valence electrons. The maximum atomic E-state index is 2.47. The van der Waals surface area contributed by atoms with Crippen molar-refractivity contribution in [2.75, 3.05) is 4.90 Å². The molecule has 0 saturated carbocycles. The van der Waals surface area contributed by atoms with E-state index in [1.165, 1.54) is 88.6 Å². The Labute approximate surface area is 367 Å². The first-order valence-electron chi connectivity index (χ1n) is 21.8. The van der Waals surface area contributed by atoms with Crippen LogP contribution < -0.4 is 4.90 Å². The third-order valence-corrected chi connectivity index (χ3v) is 13.6. The second-order valence-electron chi connectivity index (χ2n) is 16.8. The molecule has 1 spiro atoms. The molecule has 2 heteroatoms. The number of anilines is 3. The summed E-state index contributed by atoms with van der Waals surface area (Å²) < 4.78 is 2.39. The van der Waals surface area contributed by atoms with Gasteiger partial charge in [-0.05, 0) is 133 Å². The molecule has 2 aliphatic carbocycles. The van der Waals surface area contributed by atoms with Crippen molar-refractivity contribution in [3.05, 3.63) is 265 Å². The third-order valence-electron chi connectivity index (χ3n) is 13.6. The smallest absolute Gasteiger partial charge is 0.0726 e. The largest absolute Gasteiger partial charge is 0.310 e. The number of aromatic nitrogens is 1. The monoisotopic (exact) mass is 800 g/mol. The summed E-state index contributed by atoms with van der Waals surface area (Å²) in [6.07, 6.45) is 0. The number of hydrogen-bond donors (Lipinski definition) is 0. The second-order valence-corrected chi connectivity index (χ2v) is 16.8. The molecule has 1 heterocycles. The van der Waals surface area contributed by atoms with E-state index in [1.807, 2.05) is 0 Å². The van der Waals surface area contributed by atoms with Gasteiger partial charge in [0, 0.05) is 33.5 Å². The van der Waals surface area contributed by atoms with Gasteiger partial charge in [0.2, 0.25) is 0 Å². The molecule has 63 heavy (non-hydrogen) atoms. The van der Waals surface area contributed by atoms with Crippen LogP contribution in [0.5, 0.6) is 0 Å². The van der Waals surface area contributed by atoms with E-state index in [0.717, 1.165) is 22.7 Å². The van der Waals surface area contributed by atoms with E-state index < -0.39 is 5.41 Å². The zero-order valence-corrected chi connectivity index (χ0v) is 34.5. The average molecular weight is 801 g/mol. The summed E-state index contributed by atoms with van der Waals surface area (Å²) in [6.45, 7) is 0. The zero-order chi connectivity index (χ0) is 41.5. The van der Waals surface area contributed by atoms with E-state index in [0.29, 0.717) is 0 Å². The summed E-state index contributed by atoms with van der Waals surface area (Å²) in [4.78, 5) is 2.42. The Kier molecular flexibility index (Phi) is 7.85. The van der Waals surface area contributed by atoms with Gasteiger partial charge in [0.15, 0.2) is 0 Å². The highest BCUT2D eigenvalue weighted by Crippen LogP contribution is 2.63. The standard InChI is InChI=1S/C61H40N2/c1-3-20-45(21-4-1)62(48-34-36-52-51-27-9-13-31-57(51)61(58(52)40-48)55-29-11-7-25-49(55)50-26-8-12-30-56(50)61)47-24-16-19-43(38-47)41-17-15-18-42(37-41)44-33-35-54-53-28-10-14-32-59(53)63(60(54)39-44)46-22-5-2-6-23-46/h1-40H. The van der Waals surface area contributed by atoms with Crippen LogP contribution in [0.2, 0.25) is 0 Å². The van der Waals surface area contributed by atoms with Gasteiger partial charge in [0.1, 0.15) is 0 Å². The van der Waals surface area contributed by atoms with Gasteiger partial charge in [-0.1, -0.05) is 176 Å². The average Bonchev–Trinajstić information content (AvgIpc) is 3.96. The molecular weight excluding hydrogens is 761 g/mol. The lowest BCUT2D eigenvalue weighted by Crippen LogP contribution is -2.26. The number of para-hydroxylation sites is 3. The lowest BCUT2D eigenvalue weighted by Gasteiger charge is -2.32. The molecule has 0 aliphatic heterocycles. The zero-order valence-electron chi connectivity index (χ0n) is 34.5. The Bertz CT molecular complexity index is 3520. The first-order valence-corrected chi connectivity index (χ1v) is 21.8. The van der Waals surface area contributed by atoms with Crippen LogP contribution >= 0.6 is 0 Å². The second kappa shape index (κ2) is 13.9. The molecular formula is C61H40N2. The summed E-state index contributed by atoms with van der Waals surface area (Å²) >= 11 is 0. The van der Waals surface area contributed by atoms with Crippen molar-refractivity contribution < 1.29 is 0 Å². The molecule has 0 bridgehead atoms. The highest BCUT2D eigenvalue weighted by molar-refractivity contribution is 6.10. The molecule has 10 aromatic carbocycles. The molecule has 2 nitrogen and oxygen atoms in total. The van der Waals surface area contributed by atoms with E-state index >= 15 is 0 Å². The minimum atomic E-state index is -0.418. The Balaban J connectivity index is 0.944. The van der Waals surface area contributed by atoms with Gasteiger partial charge in [-0.3, -0.25) is 0 Å². The van der Waals surface area contributed by atoms with Crippen LogP contribution in [0.1, 0.15) is 22.3 Å². The predicted octanol–water partition coefficient (Wildman–Crippen LogP) is 15.9. The number of rotatable bonds is 6. The molecule has 0 fully saturated rings. The molecule has 13 rings (SSSR count). The highest BCUT2D eigenvalue weighted by Gasteiger charge is 2.51. The van der Waals surface area contributed by atoms with Gasteiger partial charge in [-0.15, -0.1) is 0 Å². The number of fused-ring (bicyclic) bond motifs is 13. The first-order chi connectivity index (χ1) is 31.3. The van der Waals surface area contributed by atoms with Gasteiger partial charge in [-0.25, -0.2) is 0 Å². The highest BCUT2D eigenvalue weighted by atomic mass is 15.1. The van der Waals surface area contributed by atoms with Crippen LogP contribution in [0.15, 0.2) is 243 Å². The summed E-state index contributed by atoms with van der Waals surface area (Å²) in [5, 5.41) is 2.52. The van der Waals surface area contributed by atoms with E-state index in [4.69, 9.17) is 0 Å². The molecule has 0 amide bonds. The lowest BCUT2D eigenvalue weighted by atomic mass is 9.70. The van der Waals surface area contributed by atoms with Crippen LogP contribution in [0.4, 0.5) is 17.1 Å². The van der Waals surface area contributed by atoms with E-state index in [2.05, 4.69) is 252 Å². The van der Waals surface area contributed by atoms with Crippen molar-refractivity contribution in [2.24, 2.45) is 0 Å². The Hall–Kier alpha value is -8.20. The maximum absolute atomic E-state index is 2.47.